The normalized spacial score (nSPS) is 11.0. The summed E-state index contributed by atoms with van der Waals surface area (Å²) in [6.45, 7) is 1.32. The van der Waals surface area contributed by atoms with Gasteiger partial charge in [0, 0.05) is 29.8 Å². The summed E-state index contributed by atoms with van der Waals surface area (Å²) < 4.78 is 16.5. The zero-order valence-electron chi connectivity index (χ0n) is 17.9. The maximum Gasteiger partial charge on any atom is 0.308 e. The number of azo groups is 1. The van der Waals surface area contributed by atoms with Crippen molar-refractivity contribution in [2.45, 2.75) is 6.92 Å². The number of rotatable bonds is 6. The molecule has 0 atom stereocenters. The number of carbonyl (C=O) groups excluding carboxylic acids is 1. The Hall–Kier alpha value is -4.59. The molecule has 4 aromatic carbocycles. The van der Waals surface area contributed by atoms with E-state index in [1.165, 1.54) is 25.1 Å². The fraction of sp³-hybridized carbons (Fsp3) is 0.0800. The molecule has 166 valence electrons. The zero-order chi connectivity index (χ0) is 23.4. The molecule has 2 N–H and O–H groups in total. The van der Waals surface area contributed by atoms with Gasteiger partial charge in [-0.3, -0.25) is 4.79 Å². The second-order valence-corrected chi connectivity index (χ2v) is 7.01. The first-order chi connectivity index (χ1) is 15.9. The van der Waals surface area contributed by atoms with E-state index >= 15 is 0 Å². The molecule has 0 saturated heterocycles. The lowest BCUT2D eigenvalue weighted by Crippen LogP contribution is -2.02. The zero-order valence-corrected chi connectivity index (χ0v) is 17.9. The molecule has 0 aromatic heterocycles. The van der Waals surface area contributed by atoms with Crippen LogP contribution in [0.1, 0.15) is 6.92 Å². The first kappa shape index (κ1) is 21.6. The first-order valence-corrected chi connectivity index (χ1v) is 9.94. The van der Waals surface area contributed by atoms with Crippen molar-refractivity contribution in [3.05, 3.63) is 72.8 Å². The van der Waals surface area contributed by atoms with E-state index in [1.54, 1.807) is 37.4 Å². The summed E-state index contributed by atoms with van der Waals surface area (Å²) in [4.78, 5) is 11.7. The van der Waals surface area contributed by atoms with Crippen LogP contribution in [0, 0.1) is 0 Å². The summed E-state index contributed by atoms with van der Waals surface area (Å²) >= 11 is 0. The molecule has 0 bridgehead atoms. The number of phenolic OH excluding ortho intramolecular Hbond substituents is 2. The van der Waals surface area contributed by atoms with Gasteiger partial charge in [0.2, 0.25) is 0 Å². The molecule has 0 amide bonds. The van der Waals surface area contributed by atoms with Crippen molar-refractivity contribution in [1.29, 1.82) is 0 Å². The molecule has 4 aromatic rings. The highest BCUT2D eigenvalue weighted by atomic mass is 16.5. The summed E-state index contributed by atoms with van der Waals surface area (Å²) in [5.74, 6) is 0.828. The average Bonchev–Trinajstić information content (AvgIpc) is 2.81. The number of ether oxygens (including phenoxy) is 3. The minimum Gasteiger partial charge on any atom is -0.508 e. The monoisotopic (exact) mass is 444 g/mol. The Balaban J connectivity index is 1.64. The molecule has 0 heterocycles. The van der Waals surface area contributed by atoms with E-state index in [0.717, 1.165) is 5.39 Å². The van der Waals surface area contributed by atoms with Crippen LogP contribution in [0.25, 0.3) is 10.8 Å². The van der Waals surface area contributed by atoms with Gasteiger partial charge in [-0.05, 0) is 36.4 Å². The lowest BCUT2D eigenvalue weighted by Gasteiger charge is -2.12. The lowest BCUT2D eigenvalue weighted by molar-refractivity contribution is -0.131. The van der Waals surface area contributed by atoms with Crippen molar-refractivity contribution >= 4 is 28.1 Å². The minimum atomic E-state index is -0.474. The van der Waals surface area contributed by atoms with E-state index in [2.05, 4.69) is 10.2 Å². The van der Waals surface area contributed by atoms with Crippen LogP contribution in [-0.4, -0.2) is 23.3 Å². The van der Waals surface area contributed by atoms with Crippen molar-refractivity contribution in [1.82, 2.24) is 0 Å². The fourth-order valence-corrected chi connectivity index (χ4v) is 3.20. The van der Waals surface area contributed by atoms with Crippen LogP contribution in [0.15, 0.2) is 83.0 Å². The second kappa shape index (κ2) is 9.27. The molecule has 0 aliphatic carbocycles. The molecule has 0 saturated carbocycles. The van der Waals surface area contributed by atoms with Crippen molar-refractivity contribution < 1.29 is 29.2 Å². The van der Waals surface area contributed by atoms with E-state index in [0.29, 0.717) is 34.0 Å². The Morgan fingerprint density at radius 3 is 2.27 bits per heavy atom. The number of aromatic hydroxyl groups is 2. The third-order valence-electron chi connectivity index (χ3n) is 4.68. The van der Waals surface area contributed by atoms with Crippen LogP contribution >= 0.6 is 0 Å². The quantitative estimate of drug-likeness (QED) is 0.154. The number of esters is 1. The summed E-state index contributed by atoms with van der Waals surface area (Å²) in [6, 6.07) is 19.7. The highest BCUT2D eigenvalue weighted by Gasteiger charge is 2.15. The molecule has 0 spiro atoms. The third kappa shape index (κ3) is 4.85. The van der Waals surface area contributed by atoms with Gasteiger partial charge in [0.1, 0.15) is 22.9 Å². The van der Waals surface area contributed by atoms with Gasteiger partial charge in [-0.25, -0.2) is 0 Å². The highest BCUT2D eigenvalue weighted by molar-refractivity contribution is 5.98. The average molecular weight is 444 g/mol. The molecule has 0 unspecified atom stereocenters. The Morgan fingerprint density at radius 1 is 0.848 bits per heavy atom. The van der Waals surface area contributed by atoms with Crippen LogP contribution in [0.3, 0.4) is 0 Å². The number of methoxy groups -OCH3 is 1. The summed E-state index contributed by atoms with van der Waals surface area (Å²) in [7, 11) is 1.55. The van der Waals surface area contributed by atoms with Crippen LogP contribution in [0.5, 0.6) is 34.5 Å². The topological polar surface area (TPSA) is 110 Å². The molecule has 0 fully saturated rings. The van der Waals surface area contributed by atoms with Crippen molar-refractivity contribution in [2.75, 3.05) is 7.11 Å². The predicted molar refractivity (Wildman–Crippen MR) is 122 cm³/mol. The molecular formula is C25H20N2O6. The molecule has 33 heavy (non-hydrogen) atoms. The number of nitrogens with zero attached hydrogens (tertiary/aromatic N) is 2. The Morgan fingerprint density at radius 2 is 1.58 bits per heavy atom. The van der Waals surface area contributed by atoms with E-state index < -0.39 is 5.97 Å². The third-order valence-corrected chi connectivity index (χ3v) is 4.68. The van der Waals surface area contributed by atoms with Crippen LogP contribution in [-0.2, 0) is 4.79 Å². The molecule has 8 heteroatoms. The largest absolute Gasteiger partial charge is 0.508 e. The number of hydrogen-bond donors (Lipinski definition) is 2. The van der Waals surface area contributed by atoms with Gasteiger partial charge >= 0.3 is 5.97 Å². The van der Waals surface area contributed by atoms with Gasteiger partial charge in [-0.15, -0.1) is 5.11 Å². The molecule has 0 radical (unpaired) electrons. The van der Waals surface area contributed by atoms with E-state index in [-0.39, 0.29) is 17.2 Å². The van der Waals surface area contributed by atoms with E-state index in [9.17, 15) is 15.0 Å². The fourth-order valence-electron chi connectivity index (χ4n) is 3.20. The standard InChI is InChI=1S/C25H20N2O6/c1-15(28)32-25-20-6-4-3-5-19(20)23(31-2)14-21(25)27-26-16-7-10-18(11-8-16)33-24-13-17(29)9-12-22(24)30/h3-14,29-30H,1-2H3. The molecule has 0 aliphatic heterocycles. The minimum absolute atomic E-state index is 0.0254. The maximum absolute atomic E-state index is 11.7. The van der Waals surface area contributed by atoms with Gasteiger partial charge in [0.25, 0.3) is 0 Å². The van der Waals surface area contributed by atoms with Crippen LogP contribution < -0.4 is 14.2 Å². The number of benzene rings is 4. The number of hydrogen-bond acceptors (Lipinski definition) is 8. The summed E-state index contributed by atoms with van der Waals surface area (Å²) in [5.41, 5.74) is 0.856. The SMILES string of the molecule is COc1cc(N=Nc2ccc(Oc3cc(O)ccc3O)cc2)c(OC(C)=O)c2ccccc12. The predicted octanol–water partition coefficient (Wildman–Crippen LogP) is 6.39. The Bertz CT molecular complexity index is 1350. The highest BCUT2D eigenvalue weighted by Crippen LogP contribution is 2.42. The van der Waals surface area contributed by atoms with Crippen molar-refractivity contribution in [3.63, 3.8) is 0 Å². The summed E-state index contributed by atoms with van der Waals surface area (Å²) in [5, 5.41) is 29.4. The molecule has 8 nitrogen and oxygen atoms in total. The molecule has 4 rings (SSSR count). The van der Waals surface area contributed by atoms with Gasteiger partial charge in [0.05, 0.1) is 12.8 Å². The maximum atomic E-state index is 11.7. The van der Waals surface area contributed by atoms with Crippen molar-refractivity contribution in [2.24, 2.45) is 10.2 Å². The number of phenols is 2. The van der Waals surface area contributed by atoms with Gasteiger partial charge in [-0.2, -0.15) is 5.11 Å². The van der Waals surface area contributed by atoms with E-state index in [1.807, 2.05) is 24.3 Å². The Labute approximate surface area is 189 Å². The number of fused-ring (bicyclic) bond motifs is 1. The second-order valence-electron chi connectivity index (χ2n) is 7.01. The van der Waals surface area contributed by atoms with Gasteiger partial charge in [-0.1, -0.05) is 24.3 Å². The Kier molecular flexibility index (Phi) is 6.08. The van der Waals surface area contributed by atoms with Crippen LogP contribution in [0.4, 0.5) is 11.4 Å². The molecule has 0 aliphatic rings. The lowest BCUT2D eigenvalue weighted by atomic mass is 10.1. The van der Waals surface area contributed by atoms with E-state index in [4.69, 9.17) is 14.2 Å². The summed E-state index contributed by atoms with van der Waals surface area (Å²) in [6.07, 6.45) is 0. The van der Waals surface area contributed by atoms with Crippen molar-refractivity contribution in [3.8, 4) is 34.5 Å². The smallest absolute Gasteiger partial charge is 0.308 e. The van der Waals surface area contributed by atoms with Crippen LogP contribution in [0.2, 0.25) is 0 Å². The molecular weight excluding hydrogens is 424 g/mol. The van der Waals surface area contributed by atoms with Gasteiger partial charge < -0.3 is 24.4 Å². The first-order valence-electron chi connectivity index (χ1n) is 9.94. The number of carbonyl (C=O) groups is 1. The van der Waals surface area contributed by atoms with Gasteiger partial charge in [0.15, 0.2) is 17.2 Å².